The molecule has 2 amide bonds. The molecule has 1 N–H and O–H groups in total. The molecule has 1 atom stereocenters. The molecule has 0 unspecified atom stereocenters. The number of hydrogen-bond acceptors (Lipinski definition) is 8. The molecule has 0 radical (unpaired) electrons. The summed E-state index contributed by atoms with van der Waals surface area (Å²) in [4.78, 5) is 33.7. The van der Waals surface area contributed by atoms with E-state index >= 15 is 0 Å². The minimum atomic E-state index is -3.33. The van der Waals surface area contributed by atoms with E-state index in [-0.39, 0.29) is 48.2 Å². The lowest BCUT2D eigenvalue weighted by molar-refractivity contribution is -0.155. The van der Waals surface area contributed by atoms with Crippen LogP contribution < -0.4 is 10.1 Å². The number of piperidine rings is 1. The second kappa shape index (κ2) is 9.41. The first kappa shape index (κ1) is 23.5. The van der Waals surface area contributed by atoms with E-state index in [4.69, 9.17) is 4.74 Å². The number of nitriles is 1. The van der Waals surface area contributed by atoms with Crippen molar-refractivity contribution in [1.29, 1.82) is 5.26 Å². The van der Waals surface area contributed by atoms with E-state index in [2.05, 4.69) is 25.5 Å². The number of ether oxygens (including phenoxy) is 1. The van der Waals surface area contributed by atoms with Crippen molar-refractivity contribution in [1.82, 2.24) is 14.9 Å². The van der Waals surface area contributed by atoms with Gasteiger partial charge in [-0.05, 0) is 31.0 Å². The molecular formula is C24H21F2N7O3. The molecule has 1 aromatic heterocycles. The standard InChI is InChI=1S/C24H21F2N7O3/c25-24(26)12-33(23(35)17-5-7-30-32-17)8-6-20(24)36-19-4-3-15(9-16(19)11-27)18-10-21(29-13-28-18)31-22(34)14-1-2-14/h3-4,7,9-10,13-14,20H,1-2,5-6,8,12H2,(H,28,29,31,34)/t20-/m0/s1. The average molecular weight is 493 g/mol. The van der Waals surface area contributed by atoms with Gasteiger partial charge >= 0.3 is 5.92 Å². The zero-order chi connectivity index (χ0) is 25.3. The lowest BCUT2D eigenvalue weighted by atomic mass is 10.0. The van der Waals surface area contributed by atoms with E-state index in [1.807, 2.05) is 6.07 Å². The molecule has 12 heteroatoms. The molecule has 1 saturated heterocycles. The summed E-state index contributed by atoms with van der Waals surface area (Å²) in [5, 5.41) is 19.7. The Hall–Kier alpha value is -4.27. The molecule has 3 heterocycles. The monoisotopic (exact) mass is 493 g/mol. The molecule has 2 aromatic rings. The van der Waals surface area contributed by atoms with Gasteiger partial charge in [-0.25, -0.2) is 18.7 Å². The average Bonchev–Trinajstić information content (AvgIpc) is 3.59. The molecule has 184 valence electrons. The number of amides is 2. The Kier molecular flexibility index (Phi) is 6.13. The molecule has 1 aromatic carbocycles. The van der Waals surface area contributed by atoms with Crippen LogP contribution in [0.1, 0.15) is 31.2 Å². The van der Waals surface area contributed by atoms with Crippen molar-refractivity contribution in [3.8, 4) is 23.1 Å². The number of carbonyl (C=O) groups excluding carboxylic acids is 2. The van der Waals surface area contributed by atoms with E-state index in [9.17, 15) is 23.6 Å². The summed E-state index contributed by atoms with van der Waals surface area (Å²) in [6.07, 6.45) is 3.05. The third-order valence-electron chi connectivity index (χ3n) is 6.14. The number of nitrogens with one attached hydrogen (secondary N) is 1. The fourth-order valence-corrected chi connectivity index (χ4v) is 4.02. The summed E-state index contributed by atoms with van der Waals surface area (Å²) in [5.41, 5.74) is 1.18. The molecule has 0 bridgehead atoms. The van der Waals surface area contributed by atoms with Crippen molar-refractivity contribution >= 4 is 29.6 Å². The van der Waals surface area contributed by atoms with Gasteiger partial charge in [0.15, 0.2) is 6.10 Å². The van der Waals surface area contributed by atoms with Gasteiger partial charge in [0, 0.05) is 43.1 Å². The van der Waals surface area contributed by atoms with E-state index in [1.165, 1.54) is 24.7 Å². The van der Waals surface area contributed by atoms with Gasteiger partial charge < -0.3 is 15.0 Å². The number of alkyl halides is 2. The minimum Gasteiger partial charge on any atom is -0.483 e. The van der Waals surface area contributed by atoms with Crippen LogP contribution in [-0.2, 0) is 9.59 Å². The minimum absolute atomic E-state index is 0.00980. The maximum atomic E-state index is 14.9. The fraction of sp³-hybridized carbons (Fsp3) is 0.375. The highest BCUT2D eigenvalue weighted by atomic mass is 19.3. The first-order valence-corrected chi connectivity index (χ1v) is 11.4. The van der Waals surface area contributed by atoms with Gasteiger partial charge in [-0.1, -0.05) is 0 Å². The Morgan fingerprint density at radius 1 is 1.19 bits per heavy atom. The number of rotatable bonds is 6. The van der Waals surface area contributed by atoms with Crippen molar-refractivity contribution in [2.45, 2.75) is 37.7 Å². The second-order valence-corrected chi connectivity index (χ2v) is 8.81. The van der Waals surface area contributed by atoms with Gasteiger partial charge in [0.25, 0.3) is 5.91 Å². The van der Waals surface area contributed by atoms with Crippen molar-refractivity contribution in [3.05, 3.63) is 36.2 Å². The van der Waals surface area contributed by atoms with Crippen LogP contribution in [0.25, 0.3) is 11.3 Å². The van der Waals surface area contributed by atoms with Crippen LogP contribution in [0.2, 0.25) is 0 Å². The lowest BCUT2D eigenvalue weighted by Crippen LogP contribution is -2.56. The molecule has 3 aliphatic rings. The molecule has 1 aliphatic carbocycles. The number of benzene rings is 1. The lowest BCUT2D eigenvalue weighted by Gasteiger charge is -2.38. The topological polar surface area (TPSA) is 133 Å². The third-order valence-corrected chi connectivity index (χ3v) is 6.14. The summed E-state index contributed by atoms with van der Waals surface area (Å²) < 4.78 is 35.4. The highest BCUT2D eigenvalue weighted by molar-refractivity contribution is 6.41. The van der Waals surface area contributed by atoms with E-state index in [1.54, 1.807) is 12.1 Å². The fourth-order valence-electron chi connectivity index (χ4n) is 4.02. The van der Waals surface area contributed by atoms with Crippen molar-refractivity contribution in [3.63, 3.8) is 0 Å². The Morgan fingerprint density at radius 2 is 2.03 bits per heavy atom. The molecular weight excluding hydrogens is 472 g/mol. The van der Waals surface area contributed by atoms with Crippen LogP contribution in [-0.4, -0.2) is 63.7 Å². The molecule has 5 rings (SSSR count). The number of likely N-dealkylation sites (tertiary alicyclic amines) is 1. The number of nitrogens with zero attached hydrogens (tertiary/aromatic N) is 6. The molecule has 2 fully saturated rings. The van der Waals surface area contributed by atoms with Gasteiger partial charge in [-0.2, -0.15) is 10.4 Å². The third kappa shape index (κ3) is 4.91. The Morgan fingerprint density at radius 3 is 2.72 bits per heavy atom. The highest BCUT2D eigenvalue weighted by Gasteiger charge is 2.48. The first-order valence-electron chi connectivity index (χ1n) is 11.4. The van der Waals surface area contributed by atoms with Crippen LogP contribution in [0.15, 0.2) is 40.8 Å². The van der Waals surface area contributed by atoms with Gasteiger partial charge in [0.2, 0.25) is 5.91 Å². The summed E-state index contributed by atoms with van der Waals surface area (Å²) >= 11 is 0. The smallest absolute Gasteiger partial charge is 0.301 e. The van der Waals surface area contributed by atoms with Gasteiger partial charge in [0.1, 0.15) is 29.7 Å². The normalized spacial score (nSPS) is 20.4. The SMILES string of the molecule is N#Cc1cc(-c2cc(NC(=O)C3CC3)ncn2)ccc1O[C@H]1CCN(C(=O)C2=NN=CC2)CC1(F)F. The summed E-state index contributed by atoms with van der Waals surface area (Å²) in [5.74, 6) is -3.63. The molecule has 36 heavy (non-hydrogen) atoms. The van der Waals surface area contributed by atoms with Crippen LogP contribution in [0.4, 0.5) is 14.6 Å². The number of halogens is 2. The van der Waals surface area contributed by atoms with Crippen molar-refractivity contribution in [2.75, 3.05) is 18.4 Å². The van der Waals surface area contributed by atoms with Crippen LogP contribution in [0.3, 0.4) is 0 Å². The predicted octanol–water partition coefficient (Wildman–Crippen LogP) is 2.81. The van der Waals surface area contributed by atoms with E-state index < -0.39 is 24.5 Å². The number of aromatic nitrogens is 2. The van der Waals surface area contributed by atoms with Crippen molar-refractivity contribution < 1.29 is 23.1 Å². The Balaban J connectivity index is 1.29. The summed E-state index contributed by atoms with van der Waals surface area (Å²) in [6.45, 7) is -0.750. The number of anilines is 1. The van der Waals surface area contributed by atoms with Crippen LogP contribution in [0, 0.1) is 17.2 Å². The van der Waals surface area contributed by atoms with Crippen LogP contribution >= 0.6 is 0 Å². The maximum absolute atomic E-state index is 14.9. The van der Waals surface area contributed by atoms with Gasteiger partial charge in [-0.3, -0.25) is 9.59 Å². The Bertz CT molecular complexity index is 1320. The number of hydrogen-bond donors (Lipinski definition) is 1. The Labute approximate surface area is 204 Å². The predicted molar refractivity (Wildman–Crippen MR) is 125 cm³/mol. The number of carbonyl (C=O) groups is 2. The molecule has 0 spiro atoms. The largest absolute Gasteiger partial charge is 0.483 e. The summed E-state index contributed by atoms with van der Waals surface area (Å²) in [7, 11) is 0. The van der Waals surface area contributed by atoms with E-state index in [0.717, 1.165) is 17.7 Å². The van der Waals surface area contributed by atoms with Crippen LogP contribution in [0.5, 0.6) is 5.75 Å². The zero-order valence-electron chi connectivity index (χ0n) is 19.0. The zero-order valence-corrected chi connectivity index (χ0v) is 19.0. The molecule has 10 nitrogen and oxygen atoms in total. The molecule has 2 aliphatic heterocycles. The maximum Gasteiger partial charge on any atom is 0.301 e. The summed E-state index contributed by atoms with van der Waals surface area (Å²) in [6, 6.07) is 8.08. The van der Waals surface area contributed by atoms with Gasteiger partial charge in [-0.15, -0.1) is 5.10 Å². The van der Waals surface area contributed by atoms with Crippen molar-refractivity contribution in [2.24, 2.45) is 16.1 Å². The van der Waals surface area contributed by atoms with E-state index in [0.29, 0.717) is 17.1 Å². The second-order valence-electron chi connectivity index (χ2n) is 8.81. The molecule has 1 saturated carbocycles. The van der Waals surface area contributed by atoms with Gasteiger partial charge in [0.05, 0.1) is 17.8 Å². The quantitative estimate of drug-likeness (QED) is 0.658. The highest BCUT2D eigenvalue weighted by Crippen LogP contribution is 2.34. The first-order chi connectivity index (χ1) is 17.3.